The molecule has 2 N–H and O–H groups in total. The van der Waals surface area contributed by atoms with Crippen molar-refractivity contribution >= 4 is 23.1 Å². The van der Waals surface area contributed by atoms with E-state index in [0.29, 0.717) is 47.6 Å². The maximum absolute atomic E-state index is 12.6. The zero-order chi connectivity index (χ0) is 22.5. The average molecular weight is 432 g/mol. The molecule has 2 amide bonds. The summed E-state index contributed by atoms with van der Waals surface area (Å²) in [4.78, 5) is 12.6. The number of ether oxygens (including phenoxy) is 2. The highest BCUT2D eigenvalue weighted by atomic mass is 16.5. The summed E-state index contributed by atoms with van der Waals surface area (Å²) in [5, 5.41) is 18.3. The normalized spacial score (nSPS) is 10.7. The van der Waals surface area contributed by atoms with E-state index in [1.165, 1.54) is 0 Å². The number of aryl methyl sites for hydroxylation is 1. The molecule has 2 aromatic carbocycles. The molecule has 0 aliphatic carbocycles. The average Bonchev–Trinajstić information content (AvgIpc) is 3.16. The van der Waals surface area contributed by atoms with Crippen LogP contribution in [0.2, 0.25) is 0 Å². The number of hydrogen-bond acceptors (Lipinski definition) is 6. The minimum Gasteiger partial charge on any atom is -0.490 e. The van der Waals surface area contributed by atoms with Gasteiger partial charge in [0.05, 0.1) is 18.9 Å². The minimum absolute atomic E-state index is 0.369. The summed E-state index contributed by atoms with van der Waals surface area (Å²) in [5.74, 6) is 1.93. The highest BCUT2D eigenvalue weighted by molar-refractivity contribution is 6.00. The smallest absolute Gasteiger partial charge is 0.323 e. The number of nitrogens with one attached hydrogen (secondary N) is 2. The SMILES string of the molecule is CCOc1ccc(NC(=O)Nc2cccc(-c3ccc4nnc(C)n4n3)c2)cc1OCC. The third-order valence-corrected chi connectivity index (χ3v) is 4.64. The van der Waals surface area contributed by atoms with Gasteiger partial charge in [-0.15, -0.1) is 10.2 Å². The van der Waals surface area contributed by atoms with Gasteiger partial charge in [-0.3, -0.25) is 0 Å². The first kappa shape index (κ1) is 21.1. The minimum atomic E-state index is -0.369. The van der Waals surface area contributed by atoms with Gasteiger partial charge >= 0.3 is 6.03 Å². The molecule has 2 aromatic heterocycles. The molecule has 0 bridgehead atoms. The predicted molar refractivity (Wildman–Crippen MR) is 122 cm³/mol. The van der Waals surface area contributed by atoms with Crippen molar-refractivity contribution in [3.63, 3.8) is 0 Å². The number of nitrogens with zero attached hydrogens (tertiary/aromatic N) is 4. The summed E-state index contributed by atoms with van der Waals surface area (Å²) in [6.45, 7) is 6.67. The fourth-order valence-corrected chi connectivity index (χ4v) is 3.23. The Labute approximate surface area is 185 Å². The molecule has 32 heavy (non-hydrogen) atoms. The predicted octanol–water partition coefficient (Wildman–Crippen LogP) is 4.54. The molecular weight excluding hydrogens is 408 g/mol. The van der Waals surface area contributed by atoms with E-state index in [4.69, 9.17) is 9.47 Å². The Morgan fingerprint density at radius 3 is 2.44 bits per heavy atom. The first-order valence-electron chi connectivity index (χ1n) is 10.3. The topological polar surface area (TPSA) is 103 Å². The van der Waals surface area contributed by atoms with E-state index in [9.17, 15) is 4.79 Å². The second-order valence-electron chi connectivity index (χ2n) is 6.92. The summed E-state index contributed by atoms with van der Waals surface area (Å²) in [7, 11) is 0. The van der Waals surface area contributed by atoms with Crippen molar-refractivity contribution in [2.45, 2.75) is 20.8 Å². The largest absolute Gasteiger partial charge is 0.490 e. The molecule has 0 spiro atoms. The van der Waals surface area contributed by atoms with Gasteiger partial charge in [0.1, 0.15) is 0 Å². The number of aromatic nitrogens is 4. The van der Waals surface area contributed by atoms with Crippen LogP contribution in [0.25, 0.3) is 16.9 Å². The lowest BCUT2D eigenvalue weighted by Gasteiger charge is -2.13. The number of hydrogen-bond donors (Lipinski definition) is 2. The lowest BCUT2D eigenvalue weighted by molar-refractivity contribution is 0.262. The molecule has 0 saturated heterocycles. The number of urea groups is 1. The maximum Gasteiger partial charge on any atom is 0.323 e. The third-order valence-electron chi connectivity index (χ3n) is 4.64. The van der Waals surface area contributed by atoms with Gasteiger partial charge in [0, 0.05) is 23.0 Å². The van der Waals surface area contributed by atoms with Crippen LogP contribution in [-0.2, 0) is 0 Å². The van der Waals surface area contributed by atoms with Gasteiger partial charge in [-0.25, -0.2) is 4.79 Å². The Morgan fingerprint density at radius 2 is 1.66 bits per heavy atom. The van der Waals surface area contributed by atoms with Crippen molar-refractivity contribution in [3.8, 4) is 22.8 Å². The van der Waals surface area contributed by atoms with Crippen LogP contribution in [-0.4, -0.2) is 39.1 Å². The lowest BCUT2D eigenvalue weighted by Crippen LogP contribution is -2.19. The highest BCUT2D eigenvalue weighted by Crippen LogP contribution is 2.30. The van der Waals surface area contributed by atoms with Gasteiger partial charge in [-0.1, -0.05) is 12.1 Å². The van der Waals surface area contributed by atoms with E-state index in [1.807, 2.05) is 57.2 Å². The molecule has 4 rings (SSSR count). The van der Waals surface area contributed by atoms with Crippen LogP contribution < -0.4 is 20.1 Å². The molecular formula is C23H24N6O3. The van der Waals surface area contributed by atoms with Crippen LogP contribution in [0.4, 0.5) is 16.2 Å². The molecule has 0 radical (unpaired) electrons. The number of carbonyl (C=O) groups is 1. The Morgan fingerprint density at radius 1 is 0.906 bits per heavy atom. The van der Waals surface area contributed by atoms with Crippen LogP contribution in [0.15, 0.2) is 54.6 Å². The van der Waals surface area contributed by atoms with Gasteiger partial charge in [0.25, 0.3) is 0 Å². The fourth-order valence-electron chi connectivity index (χ4n) is 3.23. The summed E-state index contributed by atoms with van der Waals surface area (Å²) in [6, 6.07) is 16.1. The molecule has 4 aromatic rings. The second-order valence-corrected chi connectivity index (χ2v) is 6.92. The molecule has 9 heteroatoms. The summed E-state index contributed by atoms with van der Waals surface area (Å²) < 4.78 is 12.9. The molecule has 164 valence electrons. The van der Waals surface area contributed by atoms with E-state index in [2.05, 4.69) is 25.9 Å². The number of carbonyl (C=O) groups excluding carboxylic acids is 1. The van der Waals surface area contributed by atoms with E-state index in [-0.39, 0.29) is 6.03 Å². The first-order chi connectivity index (χ1) is 15.6. The zero-order valence-electron chi connectivity index (χ0n) is 18.1. The number of rotatable bonds is 7. The highest BCUT2D eigenvalue weighted by Gasteiger charge is 2.10. The van der Waals surface area contributed by atoms with Gasteiger partial charge in [-0.2, -0.15) is 9.61 Å². The number of benzene rings is 2. The third kappa shape index (κ3) is 4.61. The van der Waals surface area contributed by atoms with Crippen molar-refractivity contribution < 1.29 is 14.3 Å². The molecule has 2 heterocycles. The molecule has 0 fully saturated rings. The number of fused-ring (bicyclic) bond motifs is 1. The molecule has 0 aliphatic heterocycles. The summed E-state index contributed by atoms with van der Waals surface area (Å²) in [6.07, 6.45) is 0. The van der Waals surface area contributed by atoms with Gasteiger partial charge in [0.15, 0.2) is 23.0 Å². The fraction of sp³-hybridized carbons (Fsp3) is 0.217. The lowest BCUT2D eigenvalue weighted by atomic mass is 10.1. The quantitative estimate of drug-likeness (QED) is 0.444. The number of anilines is 2. The van der Waals surface area contributed by atoms with E-state index in [0.717, 1.165) is 11.3 Å². The monoisotopic (exact) mass is 432 g/mol. The Kier molecular flexibility index (Phi) is 6.16. The molecule has 0 aliphatic rings. The van der Waals surface area contributed by atoms with Crippen LogP contribution in [0, 0.1) is 6.92 Å². The van der Waals surface area contributed by atoms with Crippen LogP contribution in [0.5, 0.6) is 11.5 Å². The Balaban J connectivity index is 1.49. The Bertz CT molecular complexity index is 1250. The summed E-state index contributed by atoms with van der Waals surface area (Å²) in [5.41, 5.74) is 3.52. The molecule has 0 atom stereocenters. The van der Waals surface area contributed by atoms with Crippen molar-refractivity contribution in [1.29, 1.82) is 0 Å². The summed E-state index contributed by atoms with van der Waals surface area (Å²) >= 11 is 0. The van der Waals surface area contributed by atoms with E-state index >= 15 is 0 Å². The van der Waals surface area contributed by atoms with Gasteiger partial charge in [0.2, 0.25) is 0 Å². The van der Waals surface area contributed by atoms with Crippen molar-refractivity contribution in [1.82, 2.24) is 19.8 Å². The number of amides is 2. The second kappa shape index (κ2) is 9.34. The van der Waals surface area contributed by atoms with Crippen LogP contribution in [0.1, 0.15) is 19.7 Å². The van der Waals surface area contributed by atoms with E-state index < -0.39 is 0 Å². The van der Waals surface area contributed by atoms with Crippen molar-refractivity contribution in [3.05, 3.63) is 60.4 Å². The van der Waals surface area contributed by atoms with Gasteiger partial charge < -0.3 is 20.1 Å². The van der Waals surface area contributed by atoms with Crippen molar-refractivity contribution in [2.75, 3.05) is 23.8 Å². The van der Waals surface area contributed by atoms with Crippen LogP contribution in [0.3, 0.4) is 0 Å². The molecule has 9 nitrogen and oxygen atoms in total. The van der Waals surface area contributed by atoms with Gasteiger partial charge in [-0.05, 0) is 57.2 Å². The Hall–Kier alpha value is -4.14. The maximum atomic E-state index is 12.6. The molecule has 0 unspecified atom stereocenters. The van der Waals surface area contributed by atoms with Crippen molar-refractivity contribution in [2.24, 2.45) is 0 Å². The molecule has 0 saturated carbocycles. The zero-order valence-corrected chi connectivity index (χ0v) is 18.1. The first-order valence-corrected chi connectivity index (χ1v) is 10.3. The van der Waals surface area contributed by atoms with E-state index in [1.54, 1.807) is 22.7 Å². The standard InChI is InChI=1S/C23H24N6O3/c1-4-31-20-11-9-18(14-21(20)32-5-2)25-23(30)24-17-8-6-7-16(13-17)19-10-12-22-27-26-15(3)29(22)28-19/h6-14H,4-5H2,1-3H3,(H2,24,25,30). The van der Waals surface area contributed by atoms with Crippen LogP contribution >= 0.6 is 0 Å².